The van der Waals surface area contributed by atoms with Crippen LogP contribution in [0.5, 0.6) is 0 Å². The molecule has 0 aromatic heterocycles. The van der Waals surface area contributed by atoms with Gasteiger partial charge >= 0.3 is 0 Å². The zero-order valence-electron chi connectivity index (χ0n) is 10.7. The fraction of sp³-hybridized carbons (Fsp3) is 1.00. The first-order valence-corrected chi connectivity index (χ1v) is 6.42. The van der Waals surface area contributed by atoms with Gasteiger partial charge in [0.05, 0.1) is 6.10 Å². The highest BCUT2D eigenvalue weighted by atomic mass is 16.3. The van der Waals surface area contributed by atoms with Crippen molar-refractivity contribution in [2.24, 2.45) is 5.92 Å². The van der Waals surface area contributed by atoms with Gasteiger partial charge < -0.3 is 5.11 Å². The van der Waals surface area contributed by atoms with Crippen LogP contribution >= 0.6 is 0 Å². The highest BCUT2D eigenvalue weighted by Gasteiger charge is 2.28. The van der Waals surface area contributed by atoms with E-state index in [0.717, 1.165) is 12.3 Å². The topological polar surface area (TPSA) is 23.5 Å². The van der Waals surface area contributed by atoms with Crippen molar-refractivity contribution in [3.8, 4) is 0 Å². The highest BCUT2D eigenvalue weighted by Crippen LogP contribution is 2.25. The van der Waals surface area contributed by atoms with Gasteiger partial charge in [0.25, 0.3) is 0 Å². The van der Waals surface area contributed by atoms with Crippen molar-refractivity contribution in [3.63, 3.8) is 0 Å². The zero-order valence-corrected chi connectivity index (χ0v) is 10.7. The molecule has 0 aromatic carbocycles. The van der Waals surface area contributed by atoms with Crippen LogP contribution in [0.15, 0.2) is 0 Å². The molecule has 0 radical (unpaired) electrons. The third-order valence-corrected chi connectivity index (χ3v) is 3.72. The predicted molar refractivity (Wildman–Crippen MR) is 64.9 cm³/mol. The molecule has 3 atom stereocenters. The van der Waals surface area contributed by atoms with E-state index in [1.165, 1.54) is 25.7 Å². The third kappa shape index (κ3) is 3.76. The molecule has 0 aromatic rings. The monoisotopic (exact) mass is 213 g/mol. The molecule has 1 saturated carbocycles. The number of rotatable bonds is 4. The summed E-state index contributed by atoms with van der Waals surface area (Å²) in [6.45, 7) is 6.81. The Labute approximate surface area is 94.7 Å². The maximum absolute atomic E-state index is 9.98. The standard InChI is InChI=1S/C13H27NO/c1-10(2)9-11(3)14(4)12-7-5-6-8-13(12)15/h10-13,15H,5-9H2,1-4H3/t11?,12-,13-/m1/s1. The molecule has 1 unspecified atom stereocenters. The minimum atomic E-state index is -0.0987. The van der Waals surface area contributed by atoms with E-state index >= 15 is 0 Å². The second kappa shape index (κ2) is 5.86. The number of hydrogen-bond donors (Lipinski definition) is 1. The average Bonchev–Trinajstić information content (AvgIpc) is 2.16. The molecule has 0 bridgehead atoms. The molecule has 1 N–H and O–H groups in total. The van der Waals surface area contributed by atoms with Crippen LogP contribution in [-0.4, -0.2) is 35.2 Å². The Morgan fingerprint density at radius 1 is 1.20 bits per heavy atom. The van der Waals surface area contributed by atoms with Crippen molar-refractivity contribution in [2.75, 3.05) is 7.05 Å². The quantitative estimate of drug-likeness (QED) is 0.776. The van der Waals surface area contributed by atoms with Crippen LogP contribution in [0.4, 0.5) is 0 Å². The minimum absolute atomic E-state index is 0.0987. The largest absolute Gasteiger partial charge is 0.391 e. The van der Waals surface area contributed by atoms with Crippen molar-refractivity contribution >= 4 is 0 Å². The summed E-state index contributed by atoms with van der Waals surface area (Å²) in [6.07, 6.45) is 5.76. The first-order valence-electron chi connectivity index (χ1n) is 6.42. The molecule has 1 fully saturated rings. The van der Waals surface area contributed by atoms with Gasteiger partial charge in [-0.1, -0.05) is 26.7 Å². The molecule has 0 heterocycles. The Kier molecular flexibility index (Phi) is 5.07. The SMILES string of the molecule is CC(C)CC(C)N(C)[C@@H]1CCCC[C@H]1O. The Balaban J connectivity index is 2.46. The summed E-state index contributed by atoms with van der Waals surface area (Å²) in [5.74, 6) is 0.739. The van der Waals surface area contributed by atoms with Crippen molar-refractivity contribution in [2.45, 2.75) is 71.1 Å². The van der Waals surface area contributed by atoms with Crippen LogP contribution in [0.2, 0.25) is 0 Å². The number of hydrogen-bond acceptors (Lipinski definition) is 2. The molecule has 2 nitrogen and oxygen atoms in total. The molecular formula is C13H27NO. The van der Waals surface area contributed by atoms with E-state index in [-0.39, 0.29) is 6.10 Å². The summed E-state index contributed by atoms with van der Waals surface area (Å²) in [7, 11) is 2.17. The summed E-state index contributed by atoms with van der Waals surface area (Å²) < 4.78 is 0. The van der Waals surface area contributed by atoms with Gasteiger partial charge in [0.15, 0.2) is 0 Å². The molecular weight excluding hydrogens is 186 g/mol. The molecule has 1 aliphatic rings. The molecule has 0 aliphatic heterocycles. The van der Waals surface area contributed by atoms with Crippen molar-refractivity contribution in [1.82, 2.24) is 4.90 Å². The lowest BCUT2D eigenvalue weighted by Gasteiger charge is -2.39. The molecule has 90 valence electrons. The van der Waals surface area contributed by atoms with Gasteiger partial charge in [0, 0.05) is 12.1 Å². The second-order valence-corrected chi connectivity index (χ2v) is 5.56. The van der Waals surface area contributed by atoms with E-state index in [9.17, 15) is 5.11 Å². The zero-order chi connectivity index (χ0) is 11.4. The smallest absolute Gasteiger partial charge is 0.0695 e. The summed E-state index contributed by atoms with van der Waals surface area (Å²) in [5, 5.41) is 9.98. The molecule has 15 heavy (non-hydrogen) atoms. The summed E-state index contributed by atoms with van der Waals surface area (Å²) in [5.41, 5.74) is 0. The van der Waals surface area contributed by atoms with Crippen LogP contribution in [0, 0.1) is 5.92 Å². The average molecular weight is 213 g/mol. The Morgan fingerprint density at radius 3 is 2.33 bits per heavy atom. The molecule has 1 rings (SSSR count). The third-order valence-electron chi connectivity index (χ3n) is 3.72. The van der Waals surface area contributed by atoms with Gasteiger partial charge in [-0.2, -0.15) is 0 Å². The summed E-state index contributed by atoms with van der Waals surface area (Å²) in [6, 6.07) is 0.982. The molecule has 1 aliphatic carbocycles. The maximum atomic E-state index is 9.98. The number of aliphatic hydroxyl groups is 1. The fourth-order valence-electron chi connectivity index (χ4n) is 2.74. The lowest BCUT2D eigenvalue weighted by molar-refractivity contribution is 0.0123. The van der Waals surface area contributed by atoms with Gasteiger partial charge in [0.1, 0.15) is 0 Å². The minimum Gasteiger partial charge on any atom is -0.391 e. The van der Waals surface area contributed by atoms with E-state index in [4.69, 9.17) is 0 Å². The lowest BCUT2D eigenvalue weighted by Crippen LogP contribution is -2.47. The van der Waals surface area contributed by atoms with Crippen LogP contribution < -0.4 is 0 Å². The summed E-state index contributed by atoms with van der Waals surface area (Å²) in [4.78, 5) is 2.39. The van der Waals surface area contributed by atoms with Crippen molar-refractivity contribution < 1.29 is 5.11 Å². The fourth-order valence-corrected chi connectivity index (χ4v) is 2.74. The van der Waals surface area contributed by atoms with Gasteiger partial charge in [-0.25, -0.2) is 0 Å². The summed E-state index contributed by atoms with van der Waals surface area (Å²) >= 11 is 0. The van der Waals surface area contributed by atoms with Crippen molar-refractivity contribution in [3.05, 3.63) is 0 Å². The van der Waals surface area contributed by atoms with Gasteiger partial charge in [-0.3, -0.25) is 4.90 Å². The molecule has 0 amide bonds. The van der Waals surface area contributed by atoms with Crippen LogP contribution in [0.3, 0.4) is 0 Å². The Morgan fingerprint density at radius 2 is 1.80 bits per heavy atom. The van der Waals surface area contributed by atoms with E-state index in [1.54, 1.807) is 0 Å². The molecule has 0 saturated heterocycles. The normalized spacial score (nSPS) is 29.8. The molecule has 2 heteroatoms. The van der Waals surface area contributed by atoms with Crippen LogP contribution in [0.25, 0.3) is 0 Å². The van der Waals surface area contributed by atoms with Gasteiger partial charge in [-0.15, -0.1) is 0 Å². The number of aliphatic hydroxyl groups excluding tert-OH is 1. The Bertz CT molecular complexity index is 181. The van der Waals surface area contributed by atoms with E-state index in [1.807, 2.05) is 0 Å². The maximum Gasteiger partial charge on any atom is 0.0695 e. The highest BCUT2D eigenvalue weighted by molar-refractivity contribution is 4.84. The van der Waals surface area contributed by atoms with E-state index in [0.29, 0.717) is 12.1 Å². The first kappa shape index (κ1) is 13.0. The van der Waals surface area contributed by atoms with Crippen LogP contribution in [0.1, 0.15) is 52.9 Å². The van der Waals surface area contributed by atoms with Crippen LogP contribution in [-0.2, 0) is 0 Å². The molecule has 0 spiro atoms. The Hall–Kier alpha value is -0.0800. The second-order valence-electron chi connectivity index (χ2n) is 5.56. The van der Waals surface area contributed by atoms with E-state index < -0.39 is 0 Å². The number of nitrogens with zero attached hydrogens (tertiary/aromatic N) is 1. The van der Waals surface area contributed by atoms with Gasteiger partial charge in [0.2, 0.25) is 0 Å². The van der Waals surface area contributed by atoms with Gasteiger partial charge in [-0.05, 0) is 39.2 Å². The number of likely N-dealkylation sites (N-methyl/N-ethyl adjacent to an activating group) is 1. The first-order chi connectivity index (χ1) is 7.02. The van der Waals surface area contributed by atoms with Crippen molar-refractivity contribution in [1.29, 1.82) is 0 Å². The predicted octanol–water partition coefficient (Wildman–Crippen LogP) is 2.66. The van der Waals surface area contributed by atoms with E-state index in [2.05, 4.69) is 32.7 Å². The lowest BCUT2D eigenvalue weighted by atomic mass is 9.90.